The Labute approximate surface area is 116 Å². The topological polar surface area (TPSA) is 69.6 Å². The van der Waals surface area contributed by atoms with Gasteiger partial charge in [0.2, 0.25) is 0 Å². The molecule has 0 aromatic heterocycles. The van der Waals surface area contributed by atoms with Crippen LogP contribution in [-0.2, 0) is 0 Å². The van der Waals surface area contributed by atoms with Gasteiger partial charge >= 0.3 is 0 Å². The van der Waals surface area contributed by atoms with Crippen LogP contribution in [0.5, 0.6) is 0 Å². The number of imide groups is 1. The minimum atomic E-state index is -0.529. The summed E-state index contributed by atoms with van der Waals surface area (Å²) in [6.45, 7) is 1.55. The quantitative estimate of drug-likeness (QED) is 0.610. The van der Waals surface area contributed by atoms with Crippen LogP contribution < -0.4 is 5.32 Å². The smallest absolute Gasteiger partial charge is 0.261 e. The van der Waals surface area contributed by atoms with E-state index >= 15 is 0 Å². The third-order valence-electron chi connectivity index (χ3n) is 3.77. The van der Waals surface area contributed by atoms with Gasteiger partial charge in [-0.1, -0.05) is 18.2 Å². The van der Waals surface area contributed by atoms with Gasteiger partial charge in [0.15, 0.2) is 0 Å². The highest BCUT2D eigenvalue weighted by atomic mass is 16.3. The summed E-state index contributed by atoms with van der Waals surface area (Å²) in [5, 5.41) is 12.9. The Bertz CT molecular complexity index is 560. The Morgan fingerprint density at radius 3 is 2.50 bits per heavy atom. The van der Waals surface area contributed by atoms with E-state index in [0.717, 1.165) is 18.5 Å². The number of amides is 2. The lowest BCUT2D eigenvalue weighted by atomic mass is 10.0. The van der Waals surface area contributed by atoms with Gasteiger partial charge in [-0.25, -0.2) is 0 Å². The Balaban J connectivity index is 1.78. The molecule has 104 valence electrons. The van der Waals surface area contributed by atoms with Crippen molar-refractivity contribution in [2.24, 2.45) is 0 Å². The van der Waals surface area contributed by atoms with Gasteiger partial charge in [0.1, 0.15) is 0 Å². The lowest BCUT2D eigenvalue weighted by Gasteiger charge is -2.22. The molecule has 5 nitrogen and oxygen atoms in total. The summed E-state index contributed by atoms with van der Waals surface area (Å²) >= 11 is 0. The number of nitrogens with one attached hydrogen (secondary N) is 1. The van der Waals surface area contributed by atoms with E-state index in [4.69, 9.17) is 0 Å². The molecule has 3 rings (SSSR count). The van der Waals surface area contributed by atoms with Crippen molar-refractivity contribution in [2.45, 2.75) is 12.5 Å². The van der Waals surface area contributed by atoms with Crippen molar-refractivity contribution in [3.8, 4) is 0 Å². The third-order valence-corrected chi connectivity index (χ3v) is 3.77. The van der Waals surface area contributed by atoms with Gasteiger partial charge in [0, 0.05) is 13.1 Å². The zero-order chi connectivity index (χ0) is 14.1. The van der Waals surface area contributed by atoms with E-state index in [1.54, 1.807) is 30.3 Å². The molecule has 0 radical (unpaired) electrons. The van der Waals surface area contributed by atoms with Gasteiger partial charge in [0.25, 0.3) is 11.8 Å². The summed E-state index contributed by atoms with van der Waals surface area (Å²) in [6.07, 6.45) is 2.01. The zero-order valence-electron chi connectivity index (χ0n) is 11.0. The monoisotopic (exact) mass is 272 g/mol. The highest BCUT2D eigenvalue weighted by Gasteiger charge is 2.34. The molecule has 1 fully saturated rings. The largest absolute Gasteiger partial charge is 0.387 e. The molecular weight excluding hydrogens is 256 g/mol. The van der Waals surface area contributed by atoms with Crippen LogP contribution in [0.1, 0.15) is 27.1 Å². The fourth-order valence-electron chi connectivity index (χ4n) is 2.62. The molecule has 5 heteroatoms. The lowest BCUT2D eigenvalue weighted by Crippen LogP contribution is -2.36. The Kier molecular flexibility index (Phi) is 3.38. The molecular formula is C15H16N2O3. The first kappa shape index (κ1) is 13.0. The van der Waals surface area contributed by atoms with Gasteiger partial charge in [-0.15, -0.1) is 0 Å². The van der Waals surface area contributed by atoms with Crippen LogP contribution in [0.25, 0.3) is 0 Å². The molecule has 1 unspecified atom stereocenters. The number of aliphatic hydroxyl groups excluding tert-OH is 1. The van der Waals surface area contributed by atoms with E-state index in [1.165, 1.54) is 4.90 Å². The Morgan fingerprint density at radius 2 is 1.90 bits per heavy atom. The summed E-state index contributed by atoms with van der Waals surface area (Å²) < 4.78 is 0. The highest BCUT2D eigenvalue weighted by Crippen LogP contribution is 2.22. The lowest BCUT2D eigenvalue weighted by molar-refractivity contribution is 0.0670. The number of benzene rings is 1. The number of carbonyl (C=O) groups excluding carboxylic acids is 2. The molecule has 20 heavy (non-hydrogen) atoms. The van der Waals surface area contributed by atoms with Crippen LogP contribution in [0.4, 0.5) is 0 Å². The molecule has 2 N–H and O–H groups in total. The maximum absolute atomic E-state index is 12.2. The maximum atomic E-state index is 12.2. The minimum absolute atomic E-state index is 0.221. The van der Waals surface area contributed by atoms with Crippen LogP contribution in [0.3, 0.4) is 0 Å². The van der Waals surface area contributed by atoms with Crippen LogP contribution in [0.15, 0.2) is 35.9 Å². The maximum Gasteiger partial charge on any atom is 0.261 e. The second kappa shape index (κ2) is 5.19. The van der Waals surface area contributed by atoms with Gasteiger partial charge in [0.05, 0.1) is 17.2 Å². The first-order chi connectivity index (χ1) is 9.68. The van der Waals surface area contributed by atoms with Crippen molar-refractivity contribution in [3.63, 3.8) is 0 Å². The van der Waals surface area contributed by atoms with E-state index < -0.39 is 6.10 Å². The van der Waals surface area contributed by atoms with Crippen molar-refractivity contribution < 1.29 is 14.7 Å². The Morgan fingerprint density at radius 1 is 1.25 bits per heavy atom. The predicted octanol–water partition coefficient (Wildman–Crippen LogP) is 0.563. The molecule has 1 aromatic carbocycles. The van der Waals surface area contributed by atoms with Crippen LogP contribution in [0.2, 0.25) is 0 Å². The van der Waals surface area contributed by atoms with Gasteiger partial charge in [-0.3, -0.25) is 14.5 Å². The Hall–Kier alpha value is -1.98. The predicted molar refractivity (Wildman–Crippen MR) is 73.4 cm³/mol. The molecule has 0 spiro atoms. The van der Waals surface area contributed by atoms with Crippen LogP contribution in [0, 0.1) is 0 Å². The van der Waals surface area contributed by atoms with Crippen molar-refractivity contribution in [1.82, 2.24) is 10.2 Å². The summed E-state index contributed by atoms with van der Waals surface area (Å²) in [6, 6.07) is 6.84. The van der Waals surface area contributed by atoms with E-state index in [-0.39, 0.29) is 18.4 Å². The van der Waals surface area contributed by atoms with Gasteiger partial charge in [-0.2, -0.15) is 0 Å². The first-order valence-corrected chi connectivity index (χ1v) is 6.71. The van der Waals surface area contributed by atoms with E-state index in [9.17, 15) is 14.7 Å². The summed E-state index contributed by atoms with van der Waals surface area (Å²) in [5.74, 6) is -0.517. The number of nitrogens with zero attached hydrogens (tertiary/aromatic N) is 1. The average Bonchev–Trinajstić information content (AvgIpc) is 2.71. The van der Waals surface area contributed by atoms with Crippen LogP contribution >= 0.6 is 0 Å². The van der Waals surface area contributed by atoms with E-state index in [2.05, 4.69) is 5.32 Å². The minimum Gasteiger partial charge on any atom is -0.387 e. The number of aliphatic hydroxyl groups is 1. The van der Waals surface area contributed by atoms with Crippen molar-refractivity contribution in [3.05, 3.63) is 47.0 Å². The van der Waals surface area contributed by atoms with E-state index in [1.807, 2.05) is 0 Å². The molecule has 2 aliphatic rings. The average molecular weight is 272 g/mol. The second-order valence-electron chi connectivity index (χ2n) is 5.02. The zero-order valence-corrected chi connectivity index (χ0v) is 11.0. The van der Waals surface area contributed by atoms with Gasteiger partial charge < -0.3 is 10.4 Å². The molecule has 1 aromatic rings. The molecule has 1 saturated heterocycles. The second-order valence-corrected chi connectivity index (χ2v) is 5.02. The molecule has 0 aliphatic carbocycles. The molecule has 1 atom stereocenters. The fraction of sp³-hybridized carbons (Fsp3) is 0.333. The van der Waals surface area contributed by atoms with Crippen LogP contribution in [-0.4, -0.2) is 47.6 Å². The van der Waals surface area contributed by atoms with Crippen molar-refractivity contribution >= 4 is 11.8 Å². The normalized spacial score (nSPS) is 24.4. The molecule has 0 saturated carbocycles. The van der Waals surface area contributed by atoms with Gasteiger partial charge in [-0.05, 0) is 30.7 Å². The number of hydrogen-bond donors (Lipinski definition) is 2. The highest BCUT2D eigenvalue weighted by molar-refractivity contribution is 6.21. The number of β-amino-alcohol motifs (C(OH)–C–C–N with tert-alkyl or cyclic N) is 1. The summed E-state index contributed by atoms with van der Waals surface area (Å²) in [7, 11) is 0. The third kappa shape index (κ3) is 2.15. The number of hydrogen-bond acceptors (Lipinski definition) is 4. The standard InChI is InChI=1S/C15H16N2O3/c18-13-9-16-7-5-10(13)6-8-17-14(19)11-3-1-2-4-12(11)15(17)20/h1-4,6,13,16,18H,5,7-9H2. The SMILES string of the molecule is O=C1c2ccccc2C(=O)N1CC=C1CCNCC1O. The molecule has 0 bridgehead atoms. The van der Waals surface area contributed by atoms with Crippen molar-refractivity contribution in [2.75, 3.05) is 19.6 Å². The van der Waals surface area contributed by atoms with E-state index in [0.29, 0.717) is 17.7 Å². The number of fused-ring (bicyclic) bond motifs is 1. The molecule has 2 heterocycles. The first-order valence-electron chi connectivity index (χ1n) is 6.71. The number of rotatable bonds is 2. The number of piperidine rings is 1. The molecule has 2 aliphatic heterocycles. The number of carbonyl (C=O) groups is 2. The summed E-state index contributed by atoms with van der Waals surface area (Å²) in [5.41, 5.74) is 1.81. The summed E-state index contributed by atoms with van der Waals surface area (Å²) in [4.78, 5) is 25.6. The molecule has 2 amide bonds. The van der Waals surface area contributed by atoms with Crippen molar-refractivity contribution in [1.29, 1.82) is 0 Å². The fourth-order valence-corrected chi connectivity index (χ4v) is 2.62.